The van der Waals surface area contributed by atoms with Gasteiger partial charge < -0.3 is 20.1 Å². The summed E-state index contributed by atoms with van der Waals surface area (Å²) in [5.74, 6) is 0.354. The van der Waals surface area contributed by atoms with Crippen LogP contribution in [0.3, 0.4) is 0 Å². The van der Waals surface area contributed by atoms with Crippen LogP contribution < -0.4 is 15.4 Å². The number of ether oxygens (including phenoxy) is 2. The van der Waals surface area contributed by atoms with E-state index in [9.17, 15) is 9.59 Å². The minimum Gasteiger partial charge on any atom is -0.497 e. The summed E-state index contributed by atoms with van der Waals surface area (Å²) in [5.41, 5.74) is -1.11. The van der Waals surface area contributed by atoms with Gasteiger partial charge in [0.05, 0.1) is 7.11 Å². The van der Waals surface area contributed by atoms with Gasteiger partial charge in [-0.3, -0.25) is 4.79 Å². The van der Waals surface area contributed by atoms with E-state index in [1.54, 1.807) is 66.0 Å². The summed E-state index contributed by atoms with van der Waals surface area (Å²) < 4.78 is 10.2. The minimum absolute atomic E-state index is 0.344. The number of rotatable bonds is 4. The van der Waals surface area contributed by atoms with E-state index in [1.165, 1.54) is 0 Å². The van der Waals surface area contributed by atoms with Crippen LogP contribution >= 0.6 is 0 Å². The number of hydrogen-bond donors (Lipinski definition) is 2. The number of amides is 2. The molecule has 0 spiro atoms. The van der Waals surface area contributed by atoms with Crippen molar-refractivity contribution in [3.63, 3.8) is 0 Å². The fraction of sp³-hybridized carbons (Fsp3) is 0.500. The predicted molar refractivity (Wildman–Crippen MR) is 85.1 cm³/mol. The van der Waals surface area contributed by atoms with E-state index >= 15 is 0 Å². The molecule has 1 aromatic carbocycles. The quantitative estimate of drug-likeness (QED) is 0.896. The topological polar surface area (TPSA) is 76.7 Å². The van der Waals surface area contributed by atoms with Gasteiger partial charge in [0.1, 0.15) is 16.9 Å². The molecule has 0 aliphatic carbocycles. The number of nitrogens with one attached hydrogen (secondary N) is 2. The molecule has 0 atom stereocenters. The van der Waals surface area contributed by atoms with Crippen LogP contribution in [0.25, 0.3) is 0 Å². The zero-order valence-corrected chi connectivity index (χ0v) is 13.9. The van der Waals surface area contributed by atoms with Crippen molar-refractivity contribution >= 4 is 17.7 Å². The van der Waals surface area contributed by atoms with E-state index in [1.807, 2.05) is 0 Å². The lowest BCUT2D eigenvalue weighted by Crippen LogP contribution is -2.53. The Hall–Kier alpha value is -2.24. The number of anilines is 1. The Morgan fingerprint density at radius 3 is 2.00 bits per heavy atom. The van der Waals surface area contributed by atoms with Gasteiger partial charge in [0.25, 0.3) is 0 Å². The Morgan fingerprint density at radius 2 is 1.55 bits per heavy atom. The summed E-state index contributed by atoms with van der Waals surface area (Å²) in [6, 6.07) is 6.92. The van der Waals surface area contributed by atoms with E-state index in [0.29, 0.717) is 11.4 Å². The standard InChI is InChI=1S/C16H24N2O4/c1-15(2,3)22-14(20)18-16(4,5)13(19)17-11-7-9-12(21-6)10-8-11/h7-10H,1-6H3,(H,17,19)(H,18,20). The molecule has 0 unspecified atom stereocenters. The van der Waals surface area contributed by atoms with Gasteiger partial charge in [-0.05, 0) is 58.9 Å². The van der Waals surface area contributed by atoms with E-state index in [0.717, 1.165) is 0 Å². The molecule has 0 aliphatic rings. The van der Waals surface area contributed by atoms with E-state index in [4.69, 9.17) is 9.47 Å². The van der Waals surface area contributed by atoms with Crippen LogP contribution in [0.5, 0.6) is 5.75 Å². The van der Waals surface area contributed by atoms with Crippen molar-refractivity contribution in [1.82, 2.24) is 5.32 Å². The molecule has 0 radical (unpaired) electrons. The molecule has 6 heteroatoms. The Morgan fingerprint density at radius 1 is 1.00 bits per heavy atom. The zero-order valence-electron chi connectivity index (χ0n) is 13.9. The molecule has 1 rings (SSSR count). The highest BCUT2D eigenvalue weighted by Gasteiger charge is 2.31. The summed E-state index contributed by atoms with van der Waals surface area (Å²) in [6.45, 7) is 8.50. The fourth-order valence-electron chi connectivity index (χ4n) is 1.58. The number of carbonyl (C=O) groups is 2. The maximum absolute atomic E-state index is 12.3. The van der Waals surface area contributed by atoms with Crippen LogP contribution in [0.15, 0.2) is 24.3 Å². The normalized spacial score (nSPS) is 11.5. The van der Waals surface area contributed by atoms with Crippen molar-refractivity contribution in [1.29, 1.82) is 0 Å². The monoisotopic (exact) mass is 308 g/mol. The van der Waals surface area contributed by atoms with Crippen LogP contribution in [0.1, 0.15) is 34.6 Å². The largest absolute Gasteiger partial charge is 0.497 e. The summed E-state index contributed by atoms with van der Waals surface area (Å²) in [6.07, 6.45) is -0.637. The SMILES string of the molecule is COc1ccc(NC(=O)C(C)(C)NC(=O)OC(C)(C)C)cc1. The molecule has 6 nitrogen and oxygen atoms in total. The third-order valence-electron chi connectivity index (χ3n) is 2.73. The van der Waals surface area contributed by atoms with Gasteiger partial charge in [-0.15, -0.1) is 0 Å². The molecule has 0 fully saturated rings. The van der Waals surface area contributed by atoms with E-state index in [2.05, 4.69) is 10.6 Å². The first-order valence-electron chi connectivity index (χ1n) is 7.00. The van der Waals surface area contributed by atoms with Gasteiger partial charge in [-0.25, -0.2) is 4.79 Å². The maximum Gasteiger partial charge on any atom is 0.408 e. The lowest BCUT2D eigenvalue weighted by Gasteiger charge is -2.27. The molecular formula is C16H24N2O4. The molecule has 0 aromatic heterocycles. The molecule has 22 heavy (non-hydrogen) atoms. The third-order valence-corrected chi connectivity index (χ3v) is 2.73. The molecule has 0 saturated carbocycles. The fourth-order valence-corrected chi connectivity index (χ4v) is 1.58. The van der Waals surface area contributed by atoms with Gasteiger partial charge in [-0.1, -0.05) is 0 Å². The van der Waals surface area contributed by atoms with Crippen molar-refractivity contribution in [2.45, 2.75) is 45.8 Å². The molecule has 2 N–H and O–H groups in total. The maximum atomic E-state index is 12.3. The van der Waals surface area contributed by atoms with Crippen molar-refractivity contribution in [3.05, 3.63) is 24.3 Å². The minimum atomic E-state index is -1.11. The van der Waals surface area contributed by atoms with E-state index < -0.39 is 17.2 Å². The van der Waals surface area contributed by atoms with Crippen molar-refractivity contribution in [2.24, 2.45) is 0 Å². The first kappa shape index (κ1) is 17.8. The van der Waals surface area contributed by atoms with Crippen LogP contribution in [0, 0.1) is 0 Å². The number of carbonyl (C=O) groups excluding carboxylic acids is 2. The Kier molecular flexibility index (Phi) is 5.41. The van der Waals surface area contributed by atoms with Crippen LogP contribution in [-0.4, -0.2) is 30.3 Å². The van der Waals surface area contributed by atoms with E-state index in [-0.39, 0.29) is 5.91 Å². The van der Waals surface area contributed by atoms with Crippen molar-refractivity contribution < 1.29 is 19.1 Å². The highest BCUT2D eigenvalue weighted by atomic mass is 16.6. The summed E-state index contributed by atoms with van der Waals surface area (Å²) in [7, 11) is 1.57. The van der Waals surface area contributed by atoms with Crippen LogP contribution in [-0.2, 0) is 9.53 Å². The average Bonchev–Trinajstić information content (AvgIpc) is 2.36. The number of methoxy groups -OCH3 is 1. The number of hydrogen-bond acceptors (Lipinski definition) is 4. The van der Waals surface area contributed by atoms with Crippen molar-refractivity contribution in [2.75, 3.05) is 12.4 Å². The third kappa shape index (κ3) is 5.63. The first-order valence-corrected chi connectivity index (χ1v) is 7.00. The Balaban J connectivity index is 2.67. The molecule has 0 bridgehead atoms. The molecule has 0 aliphatic heterocycles. The second-order valence-electron chi connectivity index (χ2n) is 6.43. The molecule has 2 amide bonds. The summed E-state index contributed by atoms with van der Waals surface area (Å²) in [5, 5.41) is 5.29. The second-order valence-corrected chi connectivity index (χ2v) is 6.43. The lowest BCUT2D eigenvalue weighted by molar-refractivity contribution is -0.121. The van der Waals surface area contributed by atoms with Crippen LogP contribution in [0.4, 0.5) is 10.5 Å². The van der Waals surface area contributed by atoms with Crippen LogP contribution in [0.2, 0.25) is 0 Å². The predicted octanol–water partition coefficient (Wildman–Crippen LogP) is 2.94. The lowest BCUT2D eigenvalue weighted by atomic mass is 10.0. The van der Waals surface area contributed by atoms with Gasteiger partial charge in [0.2, 0.25) is 5.91 Å². The van der Waals surface area contributed by atoms with Gasteiger partial charge in [0, 0.05) is 5.69 Å². The molecule has 122 valence electrons. The average molecular weight is 308 g/mol. The highest BCUT2D eigenvalue weighted by Crippen LogP contribution is 2.17. The summed E-state index contributed by atoms with van der Waals surface area (Å²) >= 11 is 0. The second kappa shape index (κ2) is 6.68. The first-order chi connectivity index (χ1) is 10.0. The Labute approximate surface area is 131 Å². The van der Waals surface area contributed by atoms with Gasteiger partial charge in [-0.2, -0.15) is 0 Å². The number of alkyl carbamates (subject to hydrolysis) is 1. The summed E-state index contributed by atoms with van der Waals surface area (Å²) in [4.78, 5) is 24.1. The number of benzene rings is 1. The van der Waals surface area contributed by atoms with Gasteiger partial charge >= 0.3 is 6.09 Å². The molecule has 0 saturated heterocycles. The zero-order chi connectivity index (χ0) is 17.0. The highest BCUT2D eigenvalue weighted by molar-refractivity contribution is 5.99. The van der Waals surface area contributed by atoms with Crippen molar-refractivity contribution in [3.8, 4) is 5.75 Å². The molecular weight excluding hydrogens is 284 g/mol. The van der Waals surface area contributed by atoms with Gasteiger partial charge in [0.15, 0.2) is 0 Å². The smallest absolute Gasteiger partial charge is 0.408 e. The molecule has 1 aromatic rings. The molecule has 0 heterocycles. The Bertz CT molecular complexity index is 530.